The summed E-state index contributed by atoms with van der Waals surface area (Å²) < 4.78 is 15.3. The fourth-order valence-corrected chi connectivity index (χ4v) is 3.14. The first-order chi connectivity index (χ1) is 12.5. The number of nitrogens with zero attached hydrogens (tertiary/aromatic N) is 2. The van der Waals surface area contributed by atoms with Gasteiger partial charge in [-0.1, -0.05) is 6.07 Å². The molecule has 0 spiro atoms. The molecule has 26 heavy (non-hydrogen) atoms. The fourth-order valence-electron chi connectivity index (χ4n) is 3.14. The number of carbonyl (C=O) groups excluding carboxylic acids is 2. The minimum absolute atomic E-state index is 0.147. The number of aryl methyl sites for hydroxylation is 1. The van der Waals surface area contributed by atoms with E-state index in [1.165, 1.54) is 23.1 Å². The number of aromatic nitrogens is 1. The van der Waals surface area contributed by atoms with E-state index >= 15 is 0 Å². The Morgan fingerprint density at radius 3 is 2.92 bits per heavy atom. The molecule has 1 aromatic carbocycles. The molecule has 1 unspecified atom stereocenters. The van der Waals surface area contributed by atoms with Crippen molar-refractivity contribution in [2.75, 3.05) is 11.9 Å². The Labute approximate surface area is 152 Å². The molecule has 6 nitrogen and oxygen atoms in total. The maximum atomic E-state index is 13.4. The number of halogens is 1. The van der Waals surface area contributed by atoms with E-state index in [2.05, 4.69) is 10.6 Å². The van der Waals surface area contributed by atoms with Crippen LogP contribution in [0, 0.1) is 5.82 Å². The number of benzene rings is 1. The Hall–Kier alpha value is -2.83. The van der Waals surface area contributed by atoms with E-state index in [4.69, 9.17) is 0 Å². The molecule has 2 aromatic rings. The van der Waals surface area contributed by atoms with Crippen molar-refractivity contribution in [2.45, 2.75) is 31.8 Å². The molecule has 0 saturated carbocycles. The van der Waals surface area contributed by atoms with Gasteiger partial charge in [0.15, 0.2) is 0 Å². The standard InChI is InChI=1S/C19H23FN4O2/c1-23-11-5-8-16(23)13-24(17-9-2-3-10-21-18(17)25)19(26)22-15-7-4-6-14(20)12-15/h4-8,11-12,17H,2-3,9-10,13H2,1H3,(H,21,25)(H,22,26). The van der Waals surface area contributed by atoms with Gasteiger partial charge in [0.1, 0.15) is 11.9 Å². The van der Waals surface area contributed by atoms with Gasteiger partial charge in [-0.25, -0.2) is 9.18 Å². The predicted molar refractivity (Wildman–Crippen MR) is 97.0 cm³/mol. The first-order valence-corrected chi connectivity index (χ1v) is 8.76. The van der Waals surface area contributed by atoms with Gasteiger partial charge in [-0.2, -0.15) is 0 Å². The summed E-state index contributed by atoms with van der Waals surface area (Å²) in [5, 5.41) is 5.58. The van der Waals surface area contributed by atoms with Gasteiger partial charge in [-0.3, -0.25) is 4.79 Å². The summed E-state index contributed by atoms with van der Waals surface area (Å²) in [5.41, 5.74) is 1.28. The molecule has 2 N–H and O–H groups in total. The Morgan fingerprint density at radius 2 is 2.19 bits per heavy atom. The van der Waals surface area contributed by atoms with Crippen LogP contribution in [-0.2, 0) is 18.4 Å². The monoisotopic (exact) mass is 358 g/mol. The normalized spacial score (nSPS) is 17.3. The fraction of sp³-hybridized carbons (Fsp3) is 0.368. The van der Waals surface area contributed by atoms with Crippen molar-refractivity contribution >= 4 is 17.6 Å². The van der Waals surface area contributed by atoms with Gasteiger partial charge in [-0.15, -0.1) is 0 Å². The van der Waals surface area contributed by atoms with Gasteiger partial charge in [0.05, 0.1) is 6.54 Å². The van der Waals surface area contributed by atoms with Crippen molar-refractivity contribution in [1.82, 2.24) is 14.8 Å². The zero-order valence-corrected chi connectivity index (χ0v) is 14.7. The van der Waals surface area contributed by atoms with Crippen LogP contribution < -0.4 is 10.6 Å². The number of amides is 3. The lowest BCUT2D eigenvalue weighted by Crippen LogP contribution is -2.50. The number of carbonyl (C=O) groups is 2. The summed E-state index contributed by atoms with van der Waals surface area (Å²) in [7, 11) is 1.89. The summed E-state index contributed by atoms with van der Waals surface area (Å²) in [6.07, 6.45) is 4.25. The van der Waals surface area contributed by atoms with Crippen LogP contribution in [0.25, 0.3) is 0 Å². The molecule has 1 fully saturated rings. The van der Waals surface area contributed by atoms with Crippen molar-refractivity contribution in [3.05, 3.63) is 54.1 Å². The Balaban J connectivity index is 1.84. The largest absolute Gasteiger partial charge is 0.354 e. The average molecular weight is 358 g/mol. The summed E-state index contributed by atoms with van der Waals surface area (Å²) in [4.78, 5) is 26.9. The lowest BCUT2D eigenvalue weighted by Gasteiger charge is -2.30. The smallest absolute Gasteiger partial charge is 0.322 e. The summed E-state index contributed by atoms with van der Waals surface area (Å²) in [5.74, 6) is -0.574. The summed E-state index contributed by atoms with van der Waals surface area (Å²) in [6, 6.07) is 8.56. The lowest BCUT2D eigenvalue weighted by atomic mass is 10.1. The van der Waals surface area contributed by atoms with Gasteiger partial charge < -0.3 is 20.1 Å². The SMILES string of the molecule is Cn1cccc1CN(C(=O)Nc1cccc(F)c1)C1CCCCNC1=O. The molecule has 3 rings (SSSR count). The summed E-state index contributed by atoms with van der Waals surface area (Å²) >= 11 is 0. The maximum absolute atomic E-state index is 13.4. The van der Waals surface area contributed by atoms with E-state index < -0.39 is 17.9 Å². The molecule has 1 aliphatic rings. The van der Waals surface area contributed by atoms with E-state index in [1.54, 1.807) is 6.07 Å². The maximum Gasteiger partial charge on any atom is 0.322 e. The zero-order valence-electron chi connectivity index (χ0n) is 14.7. The van der Waals surface area contributed by atoms with Gasteiger partial charge in [0.2, 0.25) is 5.91 Å². The number of nitrogens with one attached hydrogen (secondary N) is 2. The third-order valence-corrected chi connectivity index (χ3v) is 4.60. The van der Waals surface area contributed by atoms with E-state index in [0.717, 1.165) is 18.5 Å². The topological polar surface area (TPSA) is 66.4 Å². The van der Waals surface area contributed by atoms with Crippen molar-refractivity contribution < 1.29 is 14.0 Å². The molecule has 2 heterocycles. The molecule has 1 atom stereocenters. The minimum Gasteiger partial charge on any atom is -0.354 e. The molecule has 138 valence electrons. The van der Waals surface area contributed by atoms with E-state index in [0.29, 0.717) is 25.2 Å². The van der Waals surface area contributed by atoms with Crippen LogP contribution in [0.5, 0.6) is 0 Å². The third kappa shape index (κ3) is 4.22. The molecule has 3 amide bonds. The van der Waals surface area contributed by atoms with Gasteiger partial charge >= 0.3 is 6.03 Å². The van der Waals surface area contributed by atoms with Crippen molar-refractivity contribution in [1.29, 1.82) is 0 Å². The minimum atomic E-state index is -0.555. The van der Waals surface area contributed by atoms with Crippen LogP contribution in [0.15, 0.2) is 42.6 Å². The van der Waals surface area contributed by atoms with Crippen molar-refractivity contribution in [2.24, 2.45) is 7.05 Å². The van der Waals surface area contributed by atoms with Gasteiger partial charge in [-0.05, 0) is 49.6 Å². The zero-order chi connectivity index (χ0) is 18.5. The molecule has 1 aromatic heterocycles. The lowest BCUT2D eigenvalue weighted by molar-refractivity contribution is -0.125. The molecule has 7 heteroatoms. The van der Waals surface area contributed by atoms with Crippen molar-refractivity contribution in [3.63, 3.8) is 0 Å². The number of urea groups is 1. The summed E-state index contributed by atoms with van der Waals surface area (Å²) in [6.45, 7) is 0.918. The quantitative estimate of drug-likeness (QED) is 0.883. The second-order valence-electron chi connectivity index (χ2n) is 6.48. The van der Waals surface area contributed by atoms with Crippen LogP contribution >= 0.6 is 0 Å². The van der Waals surface area contributed by atoms with Gasteiger partial charge in [0.25, 0.3) is 0 Å². The van der Waals surface area contributed by atoms with Gasteiger partial charge in [0, 0.05) is 31.2 Å². The van der Waals surface area contributed by atoms with Crippen LogP contribution in [-0.4, -0.2) is 34.0 Å². The molecular weight excluding hydrogens is 335 g/mol. The molecule has 0 aliphatic carbocycles. The second-order valence-corrected chi connectivity index (χ2v) is 6.48. The highest BCUT2D eigenvalue weighted by Crippen LogP contribution is 2.19. The van der Waals surface area contributed by atoms with Crippen LogP contribution in [0.4, 0.5) is 14.9 Å². The first-order valence-electron chi connectivity index (χ1n) is 8.76. The highest BCUT2D eigenvalue weighted by Gasteiger charge is 2.31. The average Bonchev–Trinajstić information content (AvgIpc) is 2.88. The highest BCUT2D eigenvalue weighted by atomic mass is 19.1. The Morgan fingerprint density at radius 1 is 1.35 bits per heavy atom. The van der Waals surface area contributed by atoms with Crippen LogP contribution in [0.1, 0.15) is 25.0 Å². The van der Waals surface area contributed by atoms with Crippen LogP contribution in [0.2, 0.25) is 0 Å². The predicted octanol–water partition coefficient (Wildman–Crippen LogP) is 2.87. The second kappa shape index (κ2) is 8.03. The molecular formula is C19H23FN4O2. The number of hydrogen-bond donors (Lipinski definition) is 2. The molecule has 0 bridgehead atoms. The highest BCUT2D eigenvalue weighted by molar-refractivity contribution is 5.93. The third-order valence-electron chi connectivity index (χ3n) is 4.60. The van der Waals surface area contributed by atoms with E-state index in [1.807, 2.05) is 29.9 Å². The number of anilines is 1. The Kier molecular flexibility index (Phi) is 5.55. The van der Waals surface area contributed by atoms with Crippen LogP contribution in [0.3, 0.4) is 0 Å². The van der Waals surface area contributed by atoms with Crippen molar-refractivity contribution in [3.8, 4) is 0 Å². The Bertz CT molecular complexity index is 789. The number of rotatable bonds is 4. The van der Waals surface area contributed by atoms with E-state index in [-0.39, 0.29) is 5.91 Å². The van der Waals surface area contributed by atoms with E-state index in [9.17, 15) is 14.0 Å². The molecule has 1 saturated heterocycles. The molecule has 1 aliphatic heterocycles. The molecule has 0 radical (unpaired) electrons. The number of hydrogen-bond acceptors (Lipinski definition) is 2. The first kappa shape index (κ1) is 18.0.